The Morgan fingerprint density at radius 1 is 0.963 bits per heavy atom. The maximum absolute atomic E-state index is 5.78. The smallest absolute Gasteiger partial charge is 0.165 e. The Hall–Kier alpha value is -2.24. The summed E-state index contributed by atoms with van der Waals surface area (Å²) in [6.45, 7) is 4.12. The molecule has 1 aliphatic rings. The van der Waals surface area contributed by atoms with E-state index in [0.717, 1.165) is 49.7 Å². The van der Waals surface area contributed by atoms with Gasteiger partial charge in [-0.15, -0.1) is 0 Å². The fourth-order valence-corrected chi connectivity index (χ4v) is 3.79. The first kappa shape index (κ1) is 19.5. The van der Waals surface area contributed by atoms with Gasteiger partial charge in [0.1, 0.15) is 0 Å². The van der Waals surface area contributed by atoms with Gasteiger partial charge in [-0.25, -0.2) is 0 Å². The second-order valence-electron chi connectivity index (χ2n) is 7.11. The molecule has 1 atom stereocenters. The van der Waals surface area contributed by atoms with Crippen molar-refractivity contribution in [3.8, 4) is 11.5 Å². The van der Waals surface area contributed by atoms with E-state index in [2.05, 4.69) is 59.5 Å². The SMILES string of the molecule is COc1cccc(C(c2ccc(N(C)C)cc2)N2CCCNCC2)c1OC. The van der Waals surface area contributed by atoms with Crippen molar-refractivity contribution >= 4 is 5.69 Å². The van der Waals surface area contributed by atoms with E-state index in [1.807, 2.05) is 12.1 Å². The average molecular weight is 370 g/mol. The first-order chi connectivity index (χ1) is 13.2. The number of anilines is 1. The van der Waals surface area contributed by atoms with Crippen LogP contribution in [0.25, 0.3) is 0 Å². The lowest BCUT2D eigenvalue weighted by atomic mass is 9.95. The van der Waals surface area contributed by atoms with E-state index in [9.17, 15) is 0 Å². The largest absolute Gasteiger partial charge is 0.493 e. The predicted molar refractivity (Wildman–Crippen MR) is 111 cm³/mol. The van der Waals surface area contributed by atoms with Crippen molar-refractivity contribution in [3.63, 3.8) is 0 Å². The van der Waals surface area contributed by atoms with Crippen molar-refractivity contribution in [2.24, 2.45) is 0 Å². The summed E-state index contributed by atoms with van der Waals surface area (Å²) in [6.07, 6.45) is 1.14. The van der Waals surface area contributed by atoms with Crippen molar-refractivity contribution in [2.75, 3.05) is 59.4 Å². The van der Waals surface area contributed by atoms with Gasteiger partial charge in [0.05, 0.1) is 20.3 Å². The van der Waals surface area contributed by atoms with Crippen molar-refractivity contribution in [2.45, 2.75) is 12.5 Å². The summed E-state index contributed by atoms with van der Waals surface area (Å²) in [5.74, 6) is 1.59. The zero-order valence-corrected chi connectivity index (χ0v) is 16.9. The third kappa shape index (κ3) is 4.37. The minimum absolute atomic E-state index is 0.131. The van der Waals surface area contributed by atoms with Gasteiger partial charge in [-0.05, 0) is 36.7 Å². The molecule has 0 aliphatic carbocycles. The molecule has 2 aromatic carbocycles. The van der Waals surface area contributed by atoms with E-state index in [4.69, 9.17) is 9.47 Å². The third-order valence-corrected chi connectivity index (χ3v) is 5.19. The fourth-order valence-electron chi connectivity index (χ4n) is 3.79. The molecular weight excluding hydrogens is 338 g/mol. The molecule has 0 aromatic heterocycles. The first-order valence-corrected chi connectivity index (χ1v) is 9.58. The van der Waals surface area contributed by atoms with Crippen molar-refractivity contribution in [3.05, 3.63) is 53.6 Å². The molecule has 2 aromatic rings. The van der Waals surface area contributed by atoms with E-state index in [0.29, 0.717) is 0 Å². The Morgan fingerprint density at radius 3 is 2.41 bits per heavy atom. The maximum Gasteiger partial charge on any atom is 0.165 e. The molecule has 0 bridgehead atoms. The molecule has 0 spiro atoms. The van der Waals surface area contributed by atoms with Crippen LogP contribution in [0.3, 0.4) is 0 Å². The van der Waals surface area contributed by atoms with Gasteiger partial charge in [-0.1, -0.05) is 24.3 Å². The monoisotopic (exact) mass is 369 g/mol. The minimum Gasteiger partial charge on any atom is -0.493 e. The molecule has 1 unspecified atom stereocenters. The number of benzene rings is 2. The van der Waals surface area contributed by atoms with Crippen LogP contribution in [0.1, 0.15) is 23.6 Å². The van der Waals surface area contributed by atoms with E-state index in [1.54, 1.807) is 14.2 Å². The number of nitrogens with zero attached hydrogens (tertiary/aromatic N) is 2. The fraction of sp³-hybridized carbons (Fsp3) is 0.455. The molecule has 5 nitrogen and oxygen atoms in total. The molecule has 1 fully saturated rings. The molecule has 5 heteroatoms. The van der Waals surface area contributed by atoms with Gasteiger partial charge in [-0.3, -0.25) is 4.90 Å². The van der Waals surface area contributed by atoms with E-state index >= 15 is 0 Å². The summed E-state index contributed by atoms with van der Waals surface area (Å²) >= 11 is 0. The lowest BCUT2D eigenvalue weighted by molar-refractivity contribution is 0.234. The highest BCUT2D eigenvalue weighted by Crippen LogP contribution is 2.40. The summed E-state index contributed by atoms with van der Waals surface area (Å²) in [6, 6.07) is 15.1. The Morgan fingerprint density at radius 2 is 1.74 bits per heavy atom. The standard InChI is InChI=1S/C22H31N3O2/c1-24(2)18-11-9-17(10-12-18)21(25-15-6-13-23-14-16-25)19-7-5-8-20(26-3)22(19)27-4/h5,7-12,21,23H,6,13-16H2,1-4H3. The molecule has 27 heavy (non-hydrogen) atoms. The number of methoxy groups -OCH3 is 2. The number of nitrogens with one attached hydrogen (secondary N) is 1. The molecule has 0 amide bonds. The van der Waals surface area contributed by atoms with Crippen LogP contribution in [-0.4, -0.2) is 59.4 Å². The molecule has 0 saturated carbocycles. The Bertz CT molecular complexity index is 723. The summed E-state index contributed by atoms with van der Waals surface area (Å²) in [4.78, 5) is 4.67. The van der Waals surface area contributed by atoms with Gasteiger partial charge < -0.3 is 19.7 Å². The highest BCUT2D eigenvalue weighted by molar-refractivity contribution is 5.53. The van der Waals surface area contributed by atoms with Gasteiger partial charge in [0.25, 0.3) is 0 Å². The zero-order chi connectivity index (χ0) is 19.2. The van der Waals surface area contributed by atoms with Gasteiger partial charge in [0.15, 0.2) is 11.5 Å². The van der Waals surface area contributed by atoms with Gasteiger partial charge >= 0.3 is 0 Å². The molecule has 3 rings (SSSR count). The highest BCUT2D eigenvalue weighted by Gasteiger charge is 2.27. The second kappa shape index (κ2) is 9.11. The predicted octanol–water partition coefficient (Wildman–Crippen LogP) is 3.15. The highest BCUT2D eigenvalue weighted by atomic mass is 16.5. The number of ether oxygens (including phenoxy) is 2. The van der Waals surface area contributed by atoms with E-state index < -0.39 is 0 Å². The second-order valence-corrected chi connectivity index (χ2v) is 7.11. The Kier molecular flexibility index (Phi) is 6.58. The summed E-state index contributed by atoms with van der Waals surface area (Å²) in [7, 11) is 7.55. The van der Waals surface area contributed by atoms with Gasteiger partial charge in [0.2, 0.25) is 0 Å². The van der Waals surface area contributed by atoms with Crippen molar-refractivity contribution < 1.29 is 9.47 Å². The molecule has 1 aliphatic heterocycles. The summed E-state index contributed by atoms with van der Waals surface area (Å²) in [5, 5.41) is 3.51. The van der Waals surface area contributed by atoms with Gasteiger partial charge in [0, 0.05) is 45.0 Å². The summed E-state index contributed by atoms with van der Waals surface area (Å²) < 4.78 is 11.3. The van der Waals surface area contributed by atoms with E-state index in [1.165, 1.54) is 11.3 Å². The number of hydrogen-bond donors (Lipinski definition) is 1. The third-order valence-electron chi connectivity index (χ3n) is 5.19. The van der Waals surface area contributed by atoms with Crippen LogP contribution in [0, 0.1) is 0 Å². The van der Waals surface area contributed by atoms with Crippen LogP contribution in [0.2, 0.25) is 0 Å². The molecular formula is C22H31N3O2. The molecule has 1 saturated heterocycles. The van der Waals surface area contributed by atoms with Crippen LogP contribution in [0.15, 0.2) is 42.5 Å². The first-order valence-electron chi connectivity index (χ1n) is 9.58. The Balaban J connectivity index is 2.07. The molecule has 0 radical (unpaired) electrons. The number of hydrogen-bond acceptors (Lipinski definition) is 5. The number of para-hydroxylation sites is 1. The molecule has 1 heterocycles. The lowest BCUT2D eigenvalue weighted by Crippen LogP contribution is -2.33. The normalized spacial score (nSPS) is 16.4. The van der Waals surface area contributed by atoms with Crippen molar-refractivity contribution in [1.82, 2.24) is 10.2 Å². The topological polar surface area (TPSA) is 37.0 Å². The molecule has 146 valence electrons. The Labute approximate surface area is 162 Å². The average Bonchev–Trinajstić information content (AvgIpc) is 2.97. The minimum atomic E-state index is 0.131. The van der Waals surface area contributed by atoms with Crippen LogP contribution in [-0.2, 0) is 0 Å². The van der Waals surface area contributed by atoms with Gasteiger partial charge in [-0.2, -0.15) is 0 Å². The lowest BCUT2D eigenvalue weighted by Gasteiger charge is -2.32. The maximum atomic E-state index is 5.78. The zero-order valence-electron chi connectivity index (χ0n) is 16.9. The van der Waals surface area contributed by atoms with Crippen LogP contribution < -0.4 is 19.7 Å². The van der Waals surface area contributed by atoms with Crippen LogP contribution in [0.4, 0.5) is 5.69 Å². The summed E-state index contributed by atoms with van der Waals surface area (Å²) in [5.41, 5.74) is 3.62. The van der Waals surface area contributed by atoms with Crippen molar-refractivity contribution in [1.29, 1.82) is 0 Å². The van der Waals surface area contributed by atoms with Crippen LogP contribution in [0.5, 0.6) is 11.5 Å². The molecule has 1 N–H and O–H groups in total. The number of rotatable bonds is 6. The van der Waals surface area contributed by atoms with Crippen LogP contribution >= 0.6 is 0 Å². The quantitative estimate of drug-likeness (QED) is 0.847. The van der Waals surface area contributed by atoms with E-state index in [-0.39, 0.29) is 6.04 Å².